The molecule has 2 N–H and O–H groups in total. The maximum Gasteiger partial charge on any atom is 0.304 e. The Kier molecular flexibility index (Phi) is 7.69. The molecule has 0 rings (SSSR count). The number of carboxylic acids is 1. The molecule has 0 aliphatic heterocycles. The van der Waals surface area contributed by atoms with E-state index in [0.29, 0.717) is 12.6 Å². The average Bonchev–Trinajstić information content (AvgIpc) is 2.04. The Labute approximate surface area is 80.5 Å². The number of rotatable bonds is 8. The molecular weight excluding hydrogens is 166 g/mol. The Hall–Kier alpha value is -0.570. The fraction of sp³-hybridized carbons (Fsp3) is 0.900. The fourth-order valence-electron chi connectivity index (χ4n) is 1.43. The van der Waals surface area contributed by atoms with E-state index in [-0.39, 0.29) is 6.42 Å². The highest BCUT2D eigenvalue weighted by Crippen LogP contribution is 2.03. The van der Waals surface area contributed by atoms with Gasteiger partial charge in [0.05, 0.1) is 6.42 Å². The van der Waals surface area contributed by atoms with Crippen molar-refractivity contribution in [3.05, 3.63) is 0 Å². The van der Waals surface area contributed by atoms with Crippen LogP contribution in [-0.4, -0.2) is 23.7 Å². The van der Waals surface area contributed by atoms with Gasteiger partial charge in [-0.1, -0.05) is 26.7 Å². The molecule has 13 heavy (non-hydrogen) atoms. The lowest BCUT2D eigenvalue weighted by Gasteiger charge is -2.16. The zero-order valence-electron chi connectivity index (χ0n) is 8.68. The lowest BCUT2D eigenvalue weighted by molar-refractivity contribution is -0.136. The van der Waals surface area contributed by atoms with E-state index in [4.69, 9.17) is 5.11 Å². The highest BCUT2D eigenvalue weighted by Gasteiger charge is 2.05. The van der Waals surface area contributed by atoms with E-state index < -0.39 is 5.97 Å². The van der Waals surface area contributed by atoms with Crippen LogP contribution < -0.4 is 5.32 Å². The van der Waals surface area contributed by atoms with Crippen LogP contribution in [0.4, 0.5) is 0 Å². The van der Waals surface area contributed by atoms with Gasteiger partial charge >= 0.3 is 5.97 Å². The van der Waals surface area contributed by atoms with Gasteiger partial charge in [0.15, 0.2) is 0 Å². The van der Waals surface area contributed by atoms with E-state index in [1.54, 1.807) is 0 Å². The van der Waals surface area contributed by atoms with Gasteiger partial charge in [-0.2, -0.15) is 0 Å². The van der Waals surface area contributed by atoms with Crippen LogP contribution in [0.25, 0.3) is 0 Å². The molecule has 0 aliphatic carbocycles. The minimum Gasteiger partial charge on any atom is -0.481 e. The number of carboxylic acid groups (broad SMARTS) is 1. The number of hydrogen-bond donors (Lipinski definition) is 2. The number of hydrogen-bond acceptors (Lipinski definition) is 2. The molecular formula is C10H21NO2. The summed E-state index contributed by atoms with van der Waals surface area (Å²) in [4.78, 5) is 10.3. The van der Waals surface area contributed by atoms with Gasteiger partial charge in [-0.3, -0.25) is 4.79 Å². The molecule has 0 saturated carbocycles. The largest absolute Gasteiger partial charge is 0.481 e. The SMILES string of the molecule is CCCC(CCC)NCCC(=O)O. The van der Waals surface area contributed by atoms with Crippen LogP contribution in [0.1, 0.15) is 46.0 Å². The van der Waals surface area contributed by atoms with Crippen LogP contribution in [0.15, 0.2) is 0 Å². The molecule has 0 spiro atoms. The summed E-state index contributed by atoms with van der Waals surface area (Å²) in [6.07, 6.45) is 4.83. The van der Waals surface area contributed by atoms with Crippen LogP contribution in [0.2, 0.25) is 0 Å². The van der Waals surface area contributed by atoms with E-state index in [1.165, 1.54) is 0 Å². The summed E-state index contributed by atoms with van der Waals surface area (Å²) in [6, 6.07) is 0.509. The van der Waals surface area contributed by atoms with Gasteiger partial charge in [0, 0.05) is 12.6 Å². The van der Waals surface area contributed by atoms with Crippen LogP contribution in [0.5, 0.6) is 0 Å². The van der Waals surface area contributed by atoms with Gasteiger partial charge in [0.2, 0.25) is 0 Å². The summed E-state index contributed by atoms with van der Waals surface area (Å²) in [6.45, 7) is 4.91. The van der Waals surface area contributed by atoms with Crippen molar-refractivity contribution in [2.45, 2.75) is 52.0 Å². The predicted molar refractivity (Wildman–Crippen MR) is 53.9 cm³/mol. The first-order valence-electron chi connectivity index (χ1n) is 5.15. The number of carbonyl (C=O) groups is 1. The van der Waals surface area contributed by atoms with Crippen molar-refractivity contribution in [1.29, 1.82) is 0 Å². The molecule has 3 heteroatoms. The molecule has 0 fully saturated rings. The lowest BCUT2D eigenvalue weighted by Crippen LogP contribution is -2.30. The second-order valence-electron chi connectivity index (χ2n) is 3.37. The summed E-state index contributed by atoms with van der Waals surface area (Å²) >= 11 is 0. The van der Waals surface area contributed by atoms with E-state index in [9.17, 15) is 4.79 Å². The zero-order chi connectivity index (χ0) is 10.1. The third-order valence-electron chi connectivity index (χ3n) is 2.05. The molecule has 0 radical (unpaired) electrons. The van der Waals surface area contributed by atoms with Gasteiger partial charge in [-0.05, 0) is 12.8 Å². The van der Waals surface area contributed by atoms with Gasteiger partial charge < -0.3 is 10.4 Å². The molecule has 0 aromatic heterocycles. The average molecular weight is 187 g/mol. The smallest absolute Gasteiger partial charge is 0.304 e. The summed E-state index contributed by atoms with van der Waals surface area (Å²) in [5.74, 6) is -0.723. The van der Waals surface area contributed by atoms with Crippen LogP contribution >= 0.6 is 0 Å². The highest BCUT2D eigenvalue weighted by atomic mass is 16.4. The summed E-state index contributed by atoms with van der Waals surface area (Å²) < 4.78 is 0. The standard InChI is InChI=1S/C10H21NO2/c1-3-5-9(6-4-2)11-8-7-10(12)13/h9,11H,3-8H2,1-2H3,(H,12,13). The number of nitrogens with one attached hydrogen (secondary N) is 1. The van der Waals surface area contributed by atoms with Crippen molar-refractivity contribution in [1.82, 2.24) is 5.32 Å². The third-order valence-corrected chi connectivity index (χ3v) is 2.05. The van der Waals surface area contributed by atoms with Crippen molar-refractivity contribution in [2.24, 2.45) is 0 Å². The first kappa shape index (κ1) is 12.4. The van der Waals surface area contributed by atoms with Crippen LogP contribution in [-0.2, 0) is 4.79 Å². The maximum absolute atomic E-state index is 10.3. The molecule has 0 aromatic carbocycles. The molecule has 0 heterocycles. The Morgan fingerprint density at radius 3 is 2.23 bits per heavy atom. The molecule has 0 aliphatic rings. The monoisotopic (exact) mass is 187 g/mol. The summed E-state index contributed by atoms with van der Waals surface area (Å²) in [5, 5.41) is 11.7. The van der Waals surface area contributed by atoms with E-state index >= 15 is 0 Å². The quantitative estimate of drug-likeness (QED) is 0.611. The lowest BCUT2D eigenvalue weighted by atomic mass is 10.1. The second-order valence-corrected chi connectivity index (χ2v) is 3.37. The first-order valence-corrected chi connectivity index (χ1v) is 5.15. The molecule has 0 unspecified atom stereocenters. The Morgan fingerprint density at radius 1 is 1.31 bits per heavy atom. The second kappa shape index (κ2) is 8.05. The Morgan fingerprint density at radius 2 is 1.85 bits per heavy atom. The molecule has 78 valence electrons. The molecule has 0 aromatic rings. The van der Waals surface area contributed by atoms with Crippen LogP contribution in [0.3, 0.4) is 0 Å². The first-order chi connectivity index (χ1) is 6.20. The normalized spacial score (nSPS) is 10.7. The van der Waals surface area contributed by atoms with Crippen LogP contribution in [0, 0.1) is 0 Å². The summed E-state index contributed by atoms with van der Waals surface area (Å²) in [5.41, 5.74) is 0. The van der Waals surface area contributed by atoms with E-state index in [0.717, 1.165) is 25.7 Å². The van der Waals surface area contributed by atoms with Crippen molar-refractivity contribution in [3.63, 3.8) is 0 Å². The minimum atomic E-state index is -0.723. The minimum absolute atomic E-state index is 0.226. The highest BCUT2D eigenvalue weighted by molar-refractivity contribution is 5.66. The van der Waals surface area contributed by atoms with Crippen molar-refractivity contribution >= 4 is 5.97 Å². The molecule has 3 nitrogen and oxygen atoms in total. The van der Waals surface area contributed by atoms with Crippen molar-refractivity contribution in [3.8, 4) is 0 Å². The topological polar surface area (TPSA) is 49.3 Å². The summed E-state index contributed by atoms with van der Waals surface area (Å²) in [7, 11) is 0. The zero-order valence-corrected chi connectivity index (χ0v) is 8.68. The van der Waals surface area contributed by atoms with Gasteiger partial charge in [-0.25, -0.2) is 0 Å². The predicted octanol–water partition coefficient (Wildman–Crippen LogP) is 2.02. The molecule has 0 atom stereocenters. The van der Waals surface area contributed by atoms with E-state index in [2.05, 4.69) is 19.2 Å². The van der Waals surface area contributed by atoms with Gasteiger partial charge in [-0.15, -0.1) is 0 Å². The van der Waals surface area contributed by atoms with Crippen molar-refractivity contribution in [2.75, 3.05) is 6.54 Å². The van der Waals surface area contributed by atoms with E-state index in [1.807, 2.05) is 0 Å². The third kappa shape index (κ3) is 7.78. The Bertz CT molecular complexity index is 131. The number of aliphatic carboxylic acids is 1. The Balaban J connectivity index is 3.49. The molecule has 0 bridgehead atoms. The fourth-order valence-corrected chi connectivity index (χ4v) is 1.43. The van der Waals surface area contributed by atoms with Crippen molar-refractivity contribution < 1.29 is 9.90 Å². The molecule has 0 amide bonds. The van der Waals surface area contributed by atoms with Gasteiger partial charge in [0.1, 0.15) is 0 Å². The maximum atomic E-state index is 10.3. The molecule has 0 saturated heterocycles. The van der Waals surface area contributed by atoms with Gasteiger partial charge in [0.25, 0.3) is 0 Å².